The van der Waals surface area contributed by atoms with E-state index in [1.54, 1.807) is 0 Å². The lowest BCUT2D eigenvalue weighted by Crippen LogP contribution is -2.61. The van der Waals surface area contributed by atoms with Gasteiger partial charge in [-0.05, 0) is 133 Å². The van der Waals surface area contributed by atoms with Crippen LogP contribution in [0.3, 0.4) is 0 Å². The highest BCUT2D eigenvalue weighted by Gasteiger charge is 2.45. The maximum Gasteiger partial charge on any atom is 0.252 e. The molecule has 2 aliphatic heterocycles. The summed E-state index contributed by atoms with van der Waals surface area (Å²) >= 11 is 0. The first-order valence-electron chi connectivity index (χ1n) is 32.3. The highest BCUT2D eigenvalue weighted by atomic mass is 16.3. The Morgan fingerprint density at radius 1 is 0.346 bits per heavy atom. The van der Waals surface area contributed by atoms with Crippen molar-refractivity contribution in [1.29, 1.82) is 0 Å². The average Bonchev–Trinajstić information content (AvgIpc) is 0.817. The molecule has 14 aromatic rings. The van der Waals surface area contributed by atoms with Gasteiger partial charge in [-0.15, -0.1) is 0 Å². The maximum absolute atomic E-state index is 9.32. The van der Waals surface area contributed by atoms with Crippen LogP contribution in [0.15, 0.2) is 276 Å². The first kappa shape index (κ1) is 37.7. The third-order valence-electron chi connectivity index (χ3n) is 16.4. The molecule has 0 bridgehead atoms. The van der Waals surface area contributed by atoms with Gasteiger partial charge < -0.3 is 18.6 Å². The molecule has 0 radical (unpaired) electrons. The van der Waals surface area contributed by atoms with E-state index in [-0.39, 0.29) is 35.3 Å². The van der Waals surface area contributed by atoms with Crippen LogP contribution in [-0.4, -0.2) is 6.71 Å². The third kappa shape index (κ3) is 7.53. The minimum absolute atomic E-state index is 0.0588. The molecule has 81 heavy (non-hydrogen) atoms. The van der Waals surface area contributed by atoms with Crippen molar-refractivity contribution in [2.45, 2.75) is 26.2 Å². The number of rotatable bonds is 7. The lowest BCUT2D eigenvalue weighted by atomic mass is 9.33. The zero-order valence-corrected chi connectivity index (χ0v) is 44.4. The molecule has 0 aliphatic carbocycles. The fourth-order valence-corrected chi connectivity index (χ4v) is 12.5. The number of para-hydroxylation sites is 3. The minimum Gasteiger partial charge on any atom is -0.456 e. The van der Waals surface area contributed by atoms with Crippen molar-refractivity contribution in [1.82, 2.24) is 0 Å². The van der Waals surface area contributed by atoms with Gasteiger partial charge in [0.1, 0.15) is 16.7 Å². The lowest BCUT2D eigenvalue weighted by molar-refractivity contribution is 0.590. The number of hydrogen-bond acceptors (Lipinski definition) is 4. The van der Waals surface area contributed by atoms with E-state index in [1.165, 1.54) is 0 Å². The highest BCUT2D eigenvalue weighted by Crippen LogP contribution is 2.52. The first-order chi connectivity index (χ1) is 43.9. The highest BCUT2D eigenvalue weighted by molar-refractivity contribution is 7.00. The molecule has 0 fully saturated rings. The monoisotopic (exact) mass is 1050 g/mol. The normalized spacial score (nSPS) is 14.5. The van der Waals surface area contributed by atoms with Gasteiger partial charge in [0.05, 0.1) is 25.1 Å². The van der Waals surface area contributed by atoms with Gasteiger partial charge in [-0.2, -0.15) is 0 Å². The Morgan fingerprint density at radius 3 is 1.56 bits per heavy atom. The van der Waals surface area contributed by atoms with Crippen LogP contribution >= 0.6 is 0 Å². The Kier molecular flexibility index (Phi) is 8.48. The molecule has 0 amide bonds. The van der Waals surface area contributed by atoms with Crippen LogP contribution in [0.1, 0.15) is 40.0 Å². The Morgan fingerprint density at radius 2 is 0.889 bits per heavy atom. The average molecular weight is 1050 g/mol. The van der Waals surface area contributed by atoms with E-state index < -0.39 is 48.4 Å². The van der Waals surface area contributed by atoms with Gasteiger partial charge in [0.25, 0.3) is 6.71 Å². The summed E-state index contributed by atoms with van der Waals surface area (Å²) < 4.78 is 103. The summed E-state index contributed by atoms with van der Waals surface area (Å²) in [5.41, 5.74) is 17.3. The van der Waals surface area contributed by atoms with E-state index >= 15 is 0 Å². The Hall–Kier alpha value is -10.1. The molecule has 0 saturated heterocycles. The van der Waals surface area contributed by atoms with Crippen molar-refractivity contribution < 1.29 is 22.5 Å². The van der Waals surface area contributed by atoms with Crippen molar-refractivity contribution in [2.24, 2.45) is 0 Å². The number of benzene rings is 12. The molecule has 5 heteroatoms. The second-order valence-corrected chi connectivity index (χ2v) is 22.0. The van der Waals surface area contributed by atoms with Gasteiger partial charge >= 0.3 is 0 Å². The Labute approximate surface area is 485 Å². The summed E-state index contributed by atoms with van der Waals surface area (Å²) in [6, 6.07) is 65.8. The van der Waals surface area contributed by atoms with E-state index in [0.717, 1.165) is 105 Å². The number of hydrogen-bond donors (Lipinski definition) is 0. The molecule has 4 nitrogen and oxygen atoms in total. The van der Waals surface area contributed by atoms with E-state index in [4.69, 9.17) is 17.1 Å². The van der Waals surface area contributed by atoms with Gasteiger partial charge in [-0.25, -0.2) is 0 Å². The quantitative estimate of drug-likeness (QED) is 0.149. The van der Waals surface area contributed by atoms with Crippen molar-refractivity contribution in [3.8, 4) is 55.6 Å². The van der Waals surface area contributed by atoms with Crippen LogP contribution in [0, 0.1) is 0 Å². The Balaban J connectivity index is 1.02. The summed E-state index contributed by atoms with van der Waals surface area (Å²) in [6.45, 7) is 6.01. The molecule has 0 saturated carbocycles. The van der Waals surface area contributed by atoms with Gasteiger partial charge in [0.2, 0.25) is 0 Å². The van der Waals surface area contributed by atoms with Crippen molar-refractivity contribution >= 4 is 101 Å². The summed E-state index contributed by atoms with van der Waals surface area (Å²) in [6.07, 6.45) is 0. The van der Waals surface area contributed by atoms with Gasteiger partial charge in [0.15, 0.2) is 5.58 Å². The summed E-state index contributed by atoms with van der Waals surface area (Å²) in [7, 11) is 0. The van der Waals surface area contributed by atoms with Crippen LogP contribution < -0.4 is 26.2 Å². The smallest absolute Gasteiger partial charge is 0.252 e. The van der Waals surface area contributed by atoms with Crippen LogP contribution in [-0.2, 0) is 5.41 Å². The van der Waals surface area contributed by atoms with Crippen LogP contribution in [0.4, 0.5) is 34.1 Å². The topological polar surface area (TPSA) is 32.8 Å². The van der Waals surface area contributed by atoms with E-state index in [1.807, 2.05) is 103 Å². The van der Waals surface area contributed by atoms with Crippen molar-refractivity contribution in [3.63, 3.8) is 0 Å². The number of fused-ring (bicyclic) bond motifs is 10. The molecule has 2 aliphatic rings. The molecule has 16 rings (SSSR count). The van der Waals surface area contributed by atoms with Crippen LogP contribution in [0.2, 0.25) is 0 Å². The van der Waals surface area contributed by atoms with Crippen molar-refractivity contribution in [3.05, 3.63) is 272 Å². The van der Waals surface area contributed by atoms with Gasteiger partial charge in [0, 0.05) is 55.4 Å². The largest absolute Gasteiger partial charge is 0.456 e. The molecule has 0 unspecified atom stereocenters. The SMILES string of the molecule is [2H]c1c([2H])c([2H])c(-c2ccc3c(c2)N(c2ccc(-c4ccccc4)cc2-c2ccccc2)c2cc(C(C)(C)C)cc4c2B3c2ccc(-c3c([2H])c([2H])c([2H])c([2H])c3[2H])cc2N4c2cccc3c2oc2c(-c4ccc5oc6ccccc6c5c4)cccc23)c([2H])c1[2H]. The number of nitrogens with zero attached hydrogens (tertiary/aromatic N) is 2. The molecule has 4 heterocycles. The number of anilines is 6. The third-order valence-corrected chi connectivity index (χ3v) is 16.4. The Bertz CT molecular complexity index is 5390. The molecule has 12 aromatic carbocycles. The maximum atomic E-state index is 9.32. The predicted octanol–water partition coefficient (Wildman–Crippen LogP) is 19.2. The van der Waals surface area contributed by atoms with E-state index in [0.29, 0.717) is 39.4 Å². The van der Waals surface area contributed by atoms with Crippen LogP contribution in [0.25, 0.3) is 99.5 Å². The van der Waals surface area contributed by atoms with E-state index in [2.05, 4.69) is 134 Å². The molecule has 0 atom stereocenters. The molecular formula is C76H53BN2O2. The molecule has 0 spiro atoms. The summed E-state index contributed by atoms with van der Waals surface area (Å²) in [5.74, 6) is 0. The molecule has 2 aromatic heterocycles. The second-order valence-electron chi connectivity index (χ2n) is 22.0. The molecular weight excluding hydrogens is 984 g/mol. The van der Waals surface area contributed by atoms with E-state index in [9.17, 15) is 5.48 Å². The lowest BCUT2D eigenvalue weighted by Gasteiger charge is -2.45. The van der Waals surface area contributed by atoms with Gasteiger partial charge in [-0.3, -0.25) is 0 Å². The van der Waals surface area contributed by atoms with Crippen LogP contribution in [0.5, 0.6) is 0 Å². The summed E-state index contributed by atoms with van der Waals surface area (Å²) in [5, 5.41) is 3.78. The first-order valence-corrected chi connectivity index (χ1v) is 27.3. The fourth-order valence-electron chi connectivity index (χ4n) is 12.5. The summed E-state index contributed by atoms with van der Waals surface area (Å²) in [4.78, 5) is 4.52. The van der Waals surface area contributed by atoms with Crippen molar-refractivity contribution in [2.75, 3.05) is 9.80 Å². The molecule has 382 valence electrons. The fraction of sp³-hybridized carbons (Fsp3) is 0.0526. The molecule has 0 N–H and O–H groups in total. The zero-order valence-electron chi connectivity index (χ0n) is 54.4. The zero-order chi connectivity index (χ0) is 62.6. The predicted molar refractivity (Wildman–Crippen MR) is 341 cm³/mol. The second kappa shape index (κ2) is 18.2. The minimum atomic E-state index is -0.543. The van der Waals surface area contributed by atoms with Gasteiger partial charge in [-0.1, -0.05) is 227 Å². The standard InChI is InChI=1S/C76H53BN2O2/c1-76(2,3)56-46-69-73-70(47-56)79(66-32-19-31-60-59-30-18-29-57(74(59)81-75(60)66)55-37-41-72-62(43-55)58-28-16-17-33-71(58)80-72)68-45-54(50-24-12-6-13-25-50)35-39-64(68)77(73)63-38-34-53(49-22-10-5-11-23-49)44-67(63)78(69)65-40-36-52(48-20-8-4-9-21-48)42-61(65)51-26-14-7-15-27-51/h4-47H,1-3H3/i5D,6D,10D,11D,12D,13D,22D,23D,24D,25D. The number of furan rings is 2.